The van der Waals surface area contributed by atoms with Crippen molar-refractivity contribution in [2.45, 2.75) is 26.7 Å². The average Bonchev–Trinajstić information content (AvgIpc) is 2.46. The van der Waals surface area contributed by atoms with Gasteiger partial charge in [-0.05, 0) is 25.0 Å². The summed E-state index contributed by atoms with van der Waals surface area (Å²) >= 11 is 5.48. The van der Waals surface area contributed by atoms with Gasteiger partial charge in [0.05, 0.1) is 6.61 Å². The predicted molar refractivity (Wildman–Crippen MR) is 80.0 cm³/mol. The third-order valence-corrected chi connectivity index (χ3v) is 2.99. The fraction of sp³-hybridized carbons (Fsp3) is 0.500. The highest BCUT2D eigenvalue weighted by Gasteiger charge is 2.17. The molecule has 21 heavy (non-hydrogen) atoms. The molecule has 116 valence electrons. The molecule has 0 spiro atoms. The molecule has 0 aromatic carbocycles. The Kier molecular flexibility index (Phi) is 6.94. The lowest BCUT2D eigenvalue weighted by Crippen LogP contribution is -2.30. The number of pyridine rings is 1. The van der Waals surface area contributed by atoms with Crippen LogP contribution in [0, 0.1) is 6.92 Å². The van der Waals surface area contributed by atoms with Gasteiger partial charge in [-0.15, -0.1) is 11.6 Å². The first kappa shape index (κ1) is 17.2. The highest BCUT2D eigenvalue weighted by Crippen LogP contribution is 2.06. The largest absolute Gasteiger partial charge is 0.462 e. The van der Waals surface area contributed by atoms with Crippen LogP contribution in [0.15, 0.2) is 10.9 Å². The lowest BCUT2D eigenvalue weighted by molar-refractivity contribution is 0.0497. The molecule has 1 heterocycles. The Labute approximate surface area is 127 Å². The number of hydrogen-bond donors (Lipinski definition) is 2. The Morgan fingerprint density at radius 1 is 1.43 bits per heavy atom. The molecule has 2 N–H and O–H groups in total. The summed E-state index contributed by atoms with van der Waals surface area (Å²) in [5.74, 6) is -0.840. The minimum Gasteiger partial charge on any atom is -0.462 e. The SMILES string of the molecule is CCCCOC(=O)c1cc(C)c(C(=O)NCCCl)[nH]c1=O. The molecule has 0 aliphatic carbocycles. The van der Waals surface area contributed by atoms with Gasteiger partial charge in [0.2, 0.25) is 0 Å². The molecule has 0 atom stereocenters. The number of aromatic nitrogens is 1. The van der Waals surface area contributed by atoms with Gasteiger partial charge < -0.3 is 15.0 Å². The summed E-state index contributed by atoms with van der Waals surface area (Å²) in [5, 5.41) is 2.55. The molecule has 7 heteroatoms. The van der Waals surface area contributed by atoms with Gasteiger partial charge in [-0.1, -0.05) is 13.3 Å². The van der Waals surface area contributed by atoms with Gasteiger partial charge >= 0.3 is 5.97 Å². The third-order valence-electron chi connectivity index (χ3n) is 2.80. The first-order valence-corrected chi connectivity index (χ1v) is 7.29. The van der Waals surface area contributed by atoms with Crippen LogP contribution in [-0.2, 0) is 4.74 Å². The quantitative estimate of drug-likeness (QED) is 0.454. The van der Waals surface area contributed by atoms with E-state index in [4.69, 9.17) is 16.3 Å². The number of halogens is 1. The van der Waals surface area contributed by atoms with Crippen molar-refractivity contribution in [1.82, 2.24) is 10.3 Å². The van der Waals surface area contributed by atoms with Gasteiger partial charge in [0.25, 0.3) is 11.5 Å². The summed E-state index contributed by atoms with van der Waals surface area (Å²) < 4.78 is 4.99. The van der Waals surface area contributed by atoms with Crippen molar-refractivity contribution in [1.29, 1.82) is 0 Å². The van der Waals surface area contributed by atoms with Crippen LogP contribution < -0.4 is 10.9 Å². The first-order valence-electron chi connectivity index (χ1n) is 6.76. The summed E-state index contributed by atoms with van der Waals surface area (Å²) in [6.07, 6.45) is 1.63. The highest BCUT2D eigenvalue weighted by molar-refractivity contribution is 6.18. The van der Waals surface area contributed by atoms with Crippen LogP contribution in [0.5, 0.6) is 0 Å². The van der Waals surface area contributed by atoms with E-state index in [1.54, 1.807) is 6.92 Å². The number of carbonyl (C=O) groups excluding carboxylic acids is 2. The van der Waals surface area contributed by atoms with Crippen molar-refractivity contribution in [2.24, 2.45) is 0 Å². The number of nitrogens with one attached hydrogen (secondary N) is 2. The van der Waals surface area contributed by atoms with Crippen LogP contribution in [0.3, 0.4) is 0 Å². The molecule has 0 unspecified atom stereocenters. The maximum Gasteiger partial charge on any atom is 0.343 e. The minimum absolute atomic E-state index is 0.0995. The number of amides is 1. The lowest BCUT2D eigenvalue weighted by Gasteiger charge is -2.08. The third kappa shape index (κ3) is 4.90. The van der Waals surface area contributed by atoms with Crippen molar-refractivity contribution in [3.8, 4) is 0 Å². The molecule has 1 amide bonds. The van der Waals surface area contributed by atoms with E-state index in [9.17, 15) is 14.4 Å². The fourth-order valence-corrected chi connectivity index (χ4v) is 1.75. The number of H-pyrrole nitrogens is 1. The molecule has 6 nitrogen and oxygen atoms in total. The van der Waals surface area contributed by atoms with Crippen LogP contribution in [0.4, 0.5) is 0 Å². The Balaban J connectivity index is 2.91. The molecule has 1 rings (SSSR count). The second kappa shape index (κ2) is 8.46. The highest BCUT2D eigenvalue weighted by atomic mass is 35.5. The second-order valence-corrected chi connectivity index (χ2v) is 4.88. The molecule has 0 fully saturated rings. The molecule has 0 saturated heterocycles. The zero-order chi connectivity index (χ0) is 15.8. The van der Waals surface area contributed by atoms with Crippen LogP contribution in [0.25, 0.3) is 0 Å². The number of aromatic amines is 1. The van der Waals surface area contributed by atoms with E-state index < -0.39 is 17.4 Å². The number of rotatable bonds is 7. The first-order chi connectivity index (χ1) is 10.0. The normalized spacial score (nSPS) is 10.2. The van der Waals surface area contributed by atoms with E-state index in [0.717, 1.165) is 12.8 Å². The van der Waals surface area contributed by atoms with E-state index in [-0.39, 0.29) is 23.7 Å². The van der Waals surface area contributed by atoms with Gasteiger partial charge in [0.1, 0.15) is 11.3 Å². The van der Waals surface area contributed by atoms with Crippen molar-refractivity contribution in [2.75, 3.05) is 19.0 Å². The van der Waals surface area contributed by atoms with E-state index in [1.807, 2.05) is 6.92 Å². The number of alkyl halides is 1. The summed E-state index contributed by atoms with van der Waals surface area (Å²) in [6, 6.07) is 1.36. The number of ether oxygens (including phenoxy) is 1. The summed E-state index contributed by atoms with van der Waals surface area (Å²) in [4.78, 5) is 37.9. The second-order valence-electron chi connectivity index (χ2n) is 4.50. The molecular formula is C14H19ClN2O4. The molecule has 0 aliphatic heterocycles. The summed E-state index contributed by atoms with van der Waals surface area (Å²) in [5.41, 5.74) is -0.130. The molecule has 0 saturated carbocycles. The van der Waals surface area contributed by atoms with Gasteiger partial charge in [-0.25, -0.2) is 4.79 Å². The predicted octanol–water partition coefficient (Wildman–Crippen LogP) is 1.61. The smallest absolute Gasteiger partial charge is 0.343 e. The van der Waals surface area contributed by atoms with Gasteiger partial charge in [-0.2, -0.15) is 0 Å². The van der Waals surface area contributed by atoms with E-state index in [0.29, 0.717) is 12.1 Å². The molecule has 1 aromatic heterocycles. The van der Waals surface area contributed by atoms with E-state index >= 15 is 0 Å². The van der Waals surface area contributed by atoms with E-state index in [2.05, 4.69) is 10.3 Å². The fourth-order valence-electron chi connectivity index (χ4n) is 1.66. The Bertz CT molecular complexity index is 569. The topological polar surface area (TPSA) is 88.3 Å². The lowest BCUT2D eigenvalue weighted by atomic mass is 10.1. The Hall–Kier alpha value is -1.82. The molecule has 0 aliphatic rings. The molecule has 1 aromatic rings. The summed E-state index contributed by atoms with van der Waals surface area (Å²) in [7, 11) is 0. The Morgan fingerprint density at radius 2 is 2.14 bits per heavy atom. The minimum atomic E-state index is -0.680. The molecule has 0 bridgehead atoms. The number of hydrogen-bond acceptors (Lipinski definition) is 4. The monoisotopic (exact) mass is 314 g/mol. The number of aryl methyl sites for hydroxylation is 1. The van der Waals surface area contributed by atoms with Crippen LogP contribution in [0.2, 0.25) is 0 Å². The molecular weight excluding hydrogens is 296 g/mol. The Morgan fingerprint density at radius 3 is 2.76 bits per heavy atom. The van der Waals surface area contributed by atoms with Gasteiger partial charge in [0, 0.05) is 12.4 Å². The number of unbranched alkanes of at least 4 members (excludes halogenated alkanes) is 1. The van der Waals surface area contributed by atoms with Crippen molar-refractivity contribution in [3.63, 3.8) is 0 Å². The van der Waals surface area contributed by atoms with Crippen molar-refractivity contribution < 1.29 is 14.3 Å². The average molecular weight is 315 g/mol. The maximum atomic E-state index is 11.9. The van der Waals surface area contributed by atoms with Gasteiger partial charge in [0.15, 0.2) is 0 Å². The zero-order valence-corrected chi connectivity index (χ0v) is 12.9. The zero-order valence-electron chi connectivity index (χ0n) is 12.1. The van der Waals surface area contributed by atoms with Crippen molar-refractivity contribution in [3.05, 3.63) is 33.2 Å². The van der Waals surface area contributed by atoms with E-state index in [1.165, 1.54) is 6.07 Å². The van der Waals surface area contributed by atoms with Crippen LogP contribution in [0.1, 0.15) is 46.2 Å². The van der Waals surface area contributed by atoms with Crippen LogP contribution >= 0.6 is 11.6 Å². The van der Waals surface area contributed by atoms with Crippen molar-refractivity contribution >= 4 is 23.5 Å². The standard InChI is InChI=1S/C14H19ClN2O4/c1-3-4-7-21-14(20)10-8-9(2)11(17-12(10)18)13(19)16-6-5-15/h8H,3-7H2,1-2H3,(H,16,19)(H,17,18). The van der Waals surface area contributed by atoms with Crippen LogP contribution in [-0.4, -0.2) is 35.9 Å². The summed E-state index contributed by atoms with van der Waals surface area (Å²) in [6.45, 7) is 4.17. The number of carbonyl (C=O) groups is 2. The number of esters is 1. The maximum absolute atomic E-state index is 11.9. The van der Waals surface area contributed by atoms with Gasteiger partial charge in [-0.3, -0.25) is 9.59 Å². The molecule has 0 radical (unpaired) electrons.